The van der Waals surface area contributed by atoms with Crippen LogP contribution >= 0.6 is 11.3 Å². The summed E-state index contributed by atoms with van der Waals surface area (Å²) in [6.45, 7) is 0. The topological polar surface area (TPSA) is 3.24 Å². The molecule has 1 nitrogen and oxygen atoms in total. The Balaban J connectivity index is 0.906. The molecule has 1 aromatic heterocycles. The lowest BCUT2D eigenvalue weighted by Gasteiger charge is -2.26. The monoisotopic (exact) mass is 807 g/mol. The van der Waals surface area contributed by atoms with Crippen molar-refractivity contribution in [1.29, 1.82) is 0 Å². The lowest BCUT2D eigenvalue weighted by atomic mass is 9.97. The maximum atomic E-state index is 2.37. The van der Waals surface area contributed by atoms with Crippen LogP contribution in [0.3, 0.4) is 0 Å². The fourth-order valence-electron chi connectivity index (χ4n) is 8.62. The van der Waals surface area contributed by atoms with Gasteiger partial charge in [0.05, 0.1) is 0 Å². The summed E-state index contributed by atoms with van der Waals surface area (Å²) in [6.07, 6.45) is 0. The Labute approximate surface area is 367 Å². The molecule has 0 N–H and O–H groups in total. The number of nitrogens with zero attached hydrogens (tertiary/aromatic N) is 1. The van der Waals surface area contributed by atoms with Gasteiger partial charge < -0.3 is 4.90 Å². The number of hydrogen-bond donors (Lipinski definition) is 0. The Bertz CT molecular complexity index is 3280. The first-order chi connectivity index (χ1) is 30.7. The molecule has 10 aromatic carbocycles. The normalized spacial score (nSPS) is 11.2. The van der Waals surface area contributed by atoms with Crippen molar-refractivity contribution in [3.05, 3.63) is 249 Å². The number of hydrogen-bond acceptors (Lipinski definition) is 2. The average molecular weight is 808 g/mol. The first-order valence-electron chi connectivity index (χ1n) is 21.1. The van der Waals surface area contributed by atoms with Gasteiger partial charge in [-0.1, -0.05) is 182 Å². The summed E-state index contributed by atoms with van der Waals surface area (Å²) < 4.78 is 2.63. The van der Waals surface area contributed by atoms with Crippen molar-refractivity contribution < 1.29 is 0 Å². The molecule has 0 radical (unpaired) electrons. The molecule has 0 atom stereocenters. The lowest BCUT2D eigenvalue weighted by molar-refractivity contribution is 1.28. The highest BCUT2D eigenvalue weighted by Crippen LogP contribution is 2.41. The third kappa shape index (κ3) is 7.38. The molecular weight excluding hydrogens is 767 g/mol. The van der Waals surface area contributed by atoms with E-state index in [4.69, 9.17) is 0 Å². The van der Waals surface area contributed by atoms with Crippen LogP contribution in [0.2, 0.25) is 0 Å². The van der Waals surface area contributed by atoms with Crippen LogP contribution in [0.25, 0.3) is 86.9 Å². The van der Waals surface area contributed by atoms with Crippen molar-refractivity contribution >= 4 is 48.6 Å². The van der Waals surface area contributed by atoms with E-state index in [1.165, 1.54) is 86.9 Å². The molecule has 11 aromatic rings. The molecule has 0 saturated heterocycles. The third-order valence-corrected chi connectivity index (χ3v) is 13.1. The van der Waals surface area contributed by atoms with E-state index in [1.807, 2.05) is 11.3 Å². The second-order valence-corrected chi connectivity index (χ2v) is 16.8. The van der Waals surface area contributed by atoms with Gasteiger partial charge in [0.25, 0.3) is 0 Å². The molecule has 0 saturated carbocycles. The molecule has 292 valence electrons. The number of fused-ring (bicyclic) bond motifs is 3. The predicted octanol–water partition coefficient (Wildman–Crippen LogP) is 17.5. The summed E-state index contributed by atoms with van der Waals surface area (Å²) >= 11 is 1.86. The van der Waals surface area contributed by atoms with Gasteiger partial charge in [-0.2, -0.15) is 0 Å². The quantitative estimate of drug-likeness (QED) is 0.140. The van der Waals surface area contributed by atoms with Gasteiger partial charge in [-0.15, -0.1) is 11.3 Å². The molecular formula is C60H41NS. The highest BCUT2D eigenvalue weighted by Gasteiger charge is 2.15. The van der Waals surface area contributed by atoms with Gasteiger partial charge in [0.1, 0.15) is 0 Å². The first-order valence-corrected chi connectivity index (χ1v) is 22.0. The van der Waals surface area contributed by atoms with E-state index in [2.05, 4.69) is 254 Å². The molecule has 0 spiro atoms. The van der Waals surface area contributed by atoms with E-state index >= 15 is 0 Å². The van der Waals surface area contributed by atoms with Crippen molar-refractivity contribution in [2.75, 3.05) is 4.90 Å². The van der Waals surface area contributed by atoms with Crippen molar-refractivity contribution in [1.82, 2.24) is 0 Å². The summed E-state index contributed by atoms with van der Waals surface area (Å²) in [7, 11) is 0. The standard InChI is InChI=1S/C60H41NS/c1-4-11-42(12-5-1)45-19-21-46(22-20-45)48-25-33-55(34-26-48)61(54-31-23-47(24-32-54)43-13-6-2-7-14-43)56-35-27-49(28-36-56)50-17-10-18-51(39-50)53-30-38-60-58(41-53)57-40-52(29-37-59(57)62-60)44-15-8-3-9-16-44/h1-41H. The van der Waals surface area contributed by atoms with Crippen LogP contribution in [0.5, 0.6) is 0 Å². The molecule has 0 fully saturated rings. The maximum Gasteiger partial charge on any atom is 0.0462 e. The van der Waals surface area contributed by atoms with E-state index < -0.39 is 0 Å². The van der Waals surface area contributed by atoms with Crippen LogP contribution in [-0.4, -0.2) is 0 Å². The van der Waals surface area contributed by atoms with E-state index in [0.717, 1.165) is 17.1 Å². The van der Waals surface area contributed by atoms with Crippen LogP contribution in [0, 0.1) is 0 Å². The van der Waals surface area contributed by atoms with Crippen LogP contribution in [0.4, 0.5) is 17.1 Å². The zero-order valence-electron chi connectivity index (χ0n) is 34.0. The molecule has 0 amide bonds. The van der Waals surface area contributed by atoms with Gasteiger partial charge in [-0.3, -0.25) is 0 Å². The molecule has 0 aliphatic rings. The van der Waals surface area contributed by atoms with Crippen molar-refractivity contribution in [3.8, 4) is 66.8 Å². The highest BCUT2D eigenvalue weighted by molar-refractivity contribution is 7.25. The van der Waals surface area contributed by atoms with Crippen molar-refractivity contribution in [2.24, 2.45) is 0 Å². The van der Waals surface area contributed by atoms with Gasteiger partial charge in [-0.05, 0) is 133 Å². The summed E-state index contributed by atoms with van der Waals surface area (Å²) in [6, 6.07) is 90.2. The Hall–Kier alpha value is -7.78. The minimum absolute atomic E-state index is 1.10. The summed E-state index contributed by atoms with van der Waals surface area (Å²) in [5.74, 6) is 0. The molecule has 0 bridgehead atoms. The Morgan fingerprint density at radius 2 is 0.468 bits per heavy atom. The summed E-state index contributed by atoms with van der Waals surface area (Å²) in [4.78, 5) is 2.35. The molecule has 2 heteroatoms. The second-order valence-electron chi connectivity index (χ2n) is 15.8. The van der Waals surface area contributed by atoms with E-state index in [0.29, 0.717) is 0 Å². The summed E-state index contributed by atoms with van der Waals surface area (Å²) in [5, 5.41) is 2.62. The first kappa shape index (κ1) is 37.2. The Morgan fingerprint density at radius 1 is 0.210 bits per heavy atom. The lowest BCUT2D eigenvalue weighted by Crippen LogP contribution is -2.09. The van der Waals surface area contributed by atoms with Gasteiger partial charge in [0, 0.05) is 37.2 Å². The fourth-order valence-corrected chi connectivity index (χ4v) is 9.68. The van der Waals surface area contributed by atoms with E-state index in [1.54, 1.807) is 0 Å². The zero-order valence-corrected chi connectivity index (χ0v) is 34.8. The highest BCUT2D eigenvalue weighted by atomic mass is 32.1. The van der Waals surface area contributed by atoms with Crippen molar-refractivity contribution in [3.63, 3.8) is 0 Å². The van der Waals surface area contributed by atoms with Gasteiger partial charge >= 0.3 is 0 Å². The average Bonchev–Trinajstić information content (AvgIpc) is 3.73. The Morgan fingerprint density at radius 3 is 0.871 bits per heavy atom. The van der Waals surface area contributed by atoms with Crippen LogP contribution in [-0.2, 0) is 0 Å². The van der Waals surface area contributed by atoms with Crippen LogP contribution in [0.15, 0.2) is 249 Å². The molecule has 0 aliphatic heterocycles. The van der Waals surface area contributed by atoms with Gasteiger partial charge in [0.2, 0.25) is 0 Å². The fraction of sp³-hybridized carbons (Fsp3) is 0. The summed E-state index contributed by atoms with van der Waals surface area (Å²) in [5.41, 5.74) is 17.8. The molecule has 0 aliphatic carbocycles. The van der Waals surface area contributed by atoms with E-state index in [9.17, 15) is 0 Å². The second kappa shape index (κ2) is 16.3. The predicted molar refractivity (Wildman–Crippen MR) is 267 cm³/mol. The molecule has 11 rings (SSSR count). The van der Waals surface area contributed by atoms with Crippen LogP contribution in [0.1, 0.15) is 0 Å². The number of benzene rings is 10. The zero-order chi connectivity index (χ0) is 41.2. The minimum atomic E-state index is 1.10. The number of anilines is 3. The minimum Gasteiger partial charge on any atom is -0.311 e. The van der Waals surface area contributed by atoms with Crippen LogP contribution < -0.4 is 4.90 Å². The molecule has 0 unspecified atom stereocenters. The molecule has 62 heavy (non-hydrogen) atoms. The molecule has 1 heterocycles. The van der Waals surface area contributed by atoms with Crippen molar-refractivity contribution in [2.45, 2.75) is 0 Å². The largest absolute Gasteiger partial charge is 0.311 e. The van der Waals surface area contributed by atoms with Gasteiger partial charge in [-0.25, -0.2) is 0 Å². The SMILES string of the molecule is c1ccc(-c2ccc(-c3ccc(N(c4ccc(-c5ccccc5)cc4)c4ccc(-c5cccc(-c6ccc7sc8ccc(-c9ccccc9)cc8c7c6)c5)cc4)cc3)cc2)cc1. The maximum absolute atomic E-state index is 2.37. The van der Waals surface area contributed by atoms with E-state index in [-0.39, 0.29) is 0 Å². The smallest absolute Gasteiger partial charge is 0.0462 e. The number of rotatable bonds is 9. The van der Waals surface area contributed by atoms with Gasteiger partial charge in [0.15, 0.2) is 0 Å². The third-order valence-electron chi connectivity index (χ3n) is 11.9. The Kier molecular flexibility index (Phi) is 9.82. The number of thiophene rings is 1.